The molecule has 0 radical (unpaired) electrons. The van der Waals surface area contributed by atoms with Crippen molar-refractivity contribution in [3.05, 3.63) is 53.1 Å². The van der Waals surface area contributed by atoms with Crippen molar-refractivity contribution in [3.8, 4) is 11.5 Å². The fourth-order valence-corrected chi connectivity index (χ4v) is 4.39. The molecule has 0 spiro atoms. The van der Waals surface area contributed by atoms with Crippen LogP contribution in [0, 0.1) is 29.3 Å². The Labute approximate surface area is 246 Å². The lowest BCUT2D eigenvalue weighted by Gasteiger charge is -2.31. The van der Waals surface area contributed by atoms with E-state index in [2.05, 4.69) is 10.3 Å². The number of amides is 1. The first-order valence-electron chi connectivity index (χ1n) is 13.5. The van der Waals surface area contributed by atoms with Crippen molar-refractivity contribution in [2.45, 2.75) is 52.4 Å². The van der Waals surface area contributed by atoms with Crippen LogP contribution in [0.4, 0.5) is 13.2 Å². The highest BCUT2D eigenvalue weighted by Crippen LogP contribution is 2.30. The molecular weight excluding hydrogens is 577 g/mol. The van der Waals surface area contributed by atoms with Gasteiger partial charge >= 0.3 is 11.9 Å². The van der Waals surface area contributed by atoms with Crippen molar-refractivity contribution in [2.24, 2.45) is 11.8 Å². The van der Waals surface area contributed by atoms with Crippen molar-refractivity contribution >= 4 is 17.8 Å². The largest absolute Gasteiger partial charge is 0.493 e. The average molecular weight is 613 g/mol. The Morgan fingerprint density at radius 2 is 1.86 bits per heavy atom. The molecule has 1 aromatic heterocycles. The van der Waals surface area contributed by atoms with Gasteiger partial charge in [-0.2, -0.15) is 0 Å². The van der Waals surface area contributed by atoms with Crippen LogP contribution in [-0.4, -0.2) is 74.8 Å². The van der Waals surface area contributed by atoms with Gasteiger partial charge in [0.05, 0.1) is 26.4 Å². The molecule has 1 N–H and O–H groups in total. The molecule has 2 heterocycles. The smallest absolute Gasteiger partial charge is 0.331 e. The van der Waals surface area contributed by atoms with Gasteiger partial charge in [0, 0.05) is 31.7 Å². The van der Waals surface area contributed by atoms with Gasteiger partial charge < -0.3 is 33.7 Å². The molecule has 0 unspecified atom stereocenters. The van der Waals surface area contributed by atoms with E-state index in [1.807, 2.05) is 13.8 Å². The molecule has 0 saturated carbocycles. The van der Waals surface area contributed by atoms with E-state index in [1.165, 1.54) is 26.3 Å². The van der Waals surface area contributed by atoms with Gasteiger partial charge in [-0.05, 0) is 37.0 Å². The number of pyridine rings is 1. The second kappa shape index (κ2) is 15.5. The van der Waals surface area contributed by atoms with Gasteiger partial charge in [-0.15, -0.1) is 0 Å². The van der Waals surface area contributed by atoms with Crippen molar-refractivity contribution < 1.29 is 56.0 Å². The van der Waals surface area contributed by atoms with E-state index in [9.17, 15) is 27.6 Å². The van der Waals surface area contributed by atoms with E-state index in [0.717, 1.165) is 12.1 Å². The van der Waals surface area contributed by atoms with E-state index in [4.69, 9.17) is 28.4 Å². The number of carbonyl (C=O) groups is 3. The molecule has 0 aliphatic carbocycles. The molecular formula is C29H35F3N2O9. The van der Waals surface area contributed by atoms with Crippen LogP contribution in [-0.2, 0) is 35.0 Å². The number of ether oxygens (including phenoxy) is 6. The van der Waals surface area contributed by atoms with E-state index >= 15 is 0 Å². The standard InChI is InChI=1S/C29H35F3N2O9/c1-15(2)11-40-26-16(3)43-29(37)22(13-39-12-19(26)8-18-9-20(30)24(32)21(31)10-18)34-28(36)25-27(42-14-41-17(4)35)23(38-5)6-7-33-25/h6-7,9-10,15-16,19,22,26H,8,11-14H2,1-5H3,(H,34,36)/t16-,19-,22-,26-/m0/s1. The van der Waals surface area contributed by atoms with Crippen LogP contribution in [0.15, 0.2) is 24.4 Å². The van der Waals surface area contributed by atoms with Gasteiger partial charge in [0.15, 0.2) is 40.7 Å². The van der Waals surface area contributed by atoms with Crippen LogP contribution in [0.2, 0.25) is 0 Å². The minimum Gasteiger partial charge on any atom is -0.493 e. The number of methoxy groups -OCH3 is 1. The molecule has 4 atom stereocenters. The summed E-state index contributed by atoms with van der Waals surface area (Å²) in [7, 11) is 1.34. The highest BCUT2D eigenvalue weighted by atomic mass is 19.2. The predicted molar refractivity (Wildman–Crippen MR) is 144 cm³/mol. The number of aromatic nitrogens is 1. The number of halogens is 3. The summed E-state index contributed by atoms with van der Waals surface area (Å²) in [6.07, 6.45) is -0.329. The number of esters is 2. The van der Waals surface area contributed by atoms with Crippen LogP contribution < -0.4 is 14.8 Å². The molecule has 0 bridgehead atoms. The van der Waals surface area contributed by atoms with Crippen LogP contribution in [0.3, 0.4) is 0 Å². The predicted octanol–water partition coefficient (Wildman–Crippen LogP) is 3.37. The van der Waals surface area contributed by atoms with Crippen LogP contribution in [0.5, 0.6) is 11.5 Å². The molecule has 11 nitrogen and oxygen atoms in total. The molecule has 1 aliphatic heterocycles. The van der Waals surface area contributed by atoms with Gasteiger partial charge in [-0.1, -0.05) is 13.8 Å². The molecule has 1 aliphatic rings. The summed E-state index contributed by atoms with van der Waals surface area (Å²) in [5, 5.41) is 2.52. The fraction of sp³-hybridized carbons (Fsp3) is 0.517. The Morgan fingerprint density at radius 3 is 2.49 bits per heavy atom. The average Bonchev–Trinajstić information content (AvgIpc) is 2.99. The lowest BCUT2D eigenvalue weighted by Crippen LogP contribution is -2.46. The molecule has 236 valence electrons. The zero-order chi connectivity index (χ0) is 31.7. The number of rotatable bonds is 11. The third kappa shape index (κ3) is 9.29. The number of benzene rings is 1. The summed E-state index contributed by atoms with van der Waals surface area (Å²) in [6, 6.07) is 1.92. The number of cyclic esters (lactones) is 1. The fourth-order valence-electron chi connectivity index (χ4n) is 4.39. The Bertz CT molecular complexity index is 1270. The number of hydrogen-bond donors (Lipinski definition) is 1. The van der Waals surface area contributed by atoms with Gasteiger partial charge in [0.2, 0.25) is 6.79 Å². The zero-order valence-corrected chi connectivity index (χ0v) is 24.5. The topological polar surface area (TPSA) is 132 Å². The van der Waals surface area contributed by atoms with Crippen LogP contribution >= 0.6 is 0 Å². The lowest BCUT2D eigenvalue weighted by atomic mass is 9.91. The monoisotopic (exact) mass is 612 g/mol. The third-order valence-corrected chi connectivity index (χ3v) is 6.37. The van der Waals surface area contributed by atoms with Crippen LogP contribution in [0.1, 0.15) is 43.7 Å². The number of nitrogens with zero attached hydrogens (tertiary/aromatic N) is 1. The van der Waals surface area contributed by atoms with Crippen molar-refractivity contribution in [2.75, 3.05) is 33.7 Å². The Hall–Kier alpha value is -3.91. The van der Waals surface area contributed by atoms with E-state index in [-0.39, 0.29) is 54.9 Å². The van der Waals surface area contributed by atoms with E-state index < -0.39 is 66.3 Å². The highest BCUT2D eigenvalue weighted by molar-refractivity contribution is 5.98. The number of hydrogen-bond acceptors (Lipinski definition) is 10. The number of carbonyl (C=O) groups excluding carboxylic acids is 3. The second-order valence-electron chi connectivity index (χ2n) is 10.3. The zero-order valence-electron chi connectivity index (χ0n) is 24.5. The van der Waals surface area contributed by atoms with E-state index in [0.29, 0.717) is 0 Å². The van der Waals surface area contributed by atoms with Crippen molar-refractivity contribution in [3.63, 3.8) is 0 Å². The molecule has 1 fully saturated rings. The van der Waals surface area contributed by atoms with Gasteiger partial charge in [-0.3, -0.25) is 9.59 Å². The summed E-state index contributed by atoms with van der Waals surface area (Å²) in [4.78, 5) is 41.6. The third-order valence-electron chi connectivity index (χ3n) is 6.37. The molecule has 3 rings (SSSR count). The maximum atomic E-state index is 13.9. The summed E-state index contributed by atoms with van der Waals surface area (Å²) in [6.45, 7) is 6.00. The molecule has 14 heteroatoms. The highest BCUT2D eigenvalue weighted by Gasteiger charge is 2.36. The summed E-state index contributed by atoms with van der Waals surface area (Å²) >= 11 is 0. The summed E-state index contributed by atoms with van der Waals surface area (Å²) in [5.74, 6) is -6.98. The lowest BCUT2D eigenvalue weighted by molar-refractivity contribution is -0.161. The molecule has 43 heavy (non-hydrogen) atoms. The maximum absolute atomic E-state index is 13.9. The van der Waals surface area contributed by atoms with Crippen molar-refractivity contribution in [1.82, 2.24) is 10.3 Å². The first-order valence-corrected chi connectivity index (χ1v) is 13.5. The minimum absolute atomic E-state index is 0.0204. The minimum atomic E-state index is -1.58. The molecule has 1 aromatic carbocycles. The van der Waals surface area contributed by atoms with Crippen molar-refractivity contribution in [1.29, 1.82) is 0 Å². The first kappa shape index (κ1) is 33.6. The maximum Gasteiger partial charge on any atom is 0.331 e. The van der Waals surface area contributed by atoms with Crippen LogP contribution in [0.25, 0.3) is 0 Å². The molecule has 1 saturated heterocycles. The number of nitrogens with one attached hydrogen (secondary N) is 1. The van der Waals surface area contributed by atoms with Gasteiger partial charge in [0.1, 0.15) is 6.10 Å². The Balaban J connectivity index is 1.83. The van der Waals surface area contributed by atoms with E-state index in [1.54, 1.807) is 6.92 Å². The molecule has 2 aromatic rings. The normalized spacial score (nSPS) is 20.8. The summed E-state index contributed by atoms with van der Waals surface area (Å²) in [5.41, 5.74) is -0.0974. The first-order chi connectivity index (χ1) is 20.4. The SMILES string of the molecule is COc1ccnc(C(=O)N[C@H]2COC[C@H](Cc3cc(F)c(F)c(F)c3)[C@@H](OCC(C)C)[C@H](C)OC2=O)c1OCOC(C)=O. The van der Waals surface area contributed by atoms with Gasteiger partial charge in [-0.25, -0.2) is 22.9 Å². The summed E-state index contributed by atoms with van der Waals surface area (Å²) < 4.78 is 74.4. The second-order valence-corrected chi connectivity index (χ2v) is 10.3. The Kier molecular flexibility index (Phi) is 12.1. The molecule has 1 amide bonds. The van der Waals surface area contributed by atoms with Gasteiger partial charge in [0.25, 0.3) is 5.91 Å². The Morgan fingerprint density at radius 1 is 1.16 bits per heavy atom. The quantitative estimate of drug-likeness (QED) is 0.229.